The number of rotatable bonds is 4. The van der Waals surface area contributed by atoms with Gasteiger partial charge in [0.25, 0.3) is 5.91 Å². The van der Waals surface area contributed by atoms with Crippen LogP contribution in [0.3, 0.4) is 0 Å². The van der Waals surface area contributed by atoms with Crippen LogP contribution in [0.5, 0.6) is 0 Å². The van der Waals surface area contributed by atoms with Gasteiger partial charge < -0.3 is 14.4 Å². The van der Waals surface area contributed by atoms with E-state index in [1.165, 1.54) is 0 Å². The molecule has 2 heterocycles. The summed E-state index contributed by atoms with van der Waals surface area (Å²) in [7, 11) is 0. The van der Waals surface area contributed by atoms with Crippen molar-refractivity contribution in [3.63, 3.8) is 0 Å². The second-order valence-electron chi connectivity index (χ2n) is 6.87. The van der Waals surface area contributed by atoms with Crippen LogP contribution < -0.4 is 0 Å². The third-order valence-corrected chi connectivity index (χ3v) is 4.76. The number of imidazole rings is 1. The maximum absolute atomic E-state index is 12.8. The average Bonchev–Trinajstić information content (AvgIpc) is 3.05. The lowest BCUT2D eigenvalue weighted by Crippen LogP contribution is -2.50. The van der Waals surface area contributed by atoms with E-state index < -0.39 is 0 Å². The van der Waals surface area contributed by atoms with E-state index in [9.17, 15) is 9.59 Å². The molecule has 0 unspecified atom stereocenters. The van der Waals surface area contributed by atoms with Crippen LogP contribution in [-0.4, -0.2) is 57.3 Å². The largest absolute Gasteiger partial charge is 0.339 e. The van der Waals surface area contributed by atoms with Gasteiger partial charge in [0.1, 0.15) is 0 Å². The number of aromatic nitrogens is 2. The van der Waals surface area contributed by atoms with E-state index in [1.54, 1.807) is 0 Å². The summed E-state index contributed by atoms with van der Waals surface area (Å²) in [5.74, 6) is 0.207. The first-order chi connectivity index (χ1) is 12.0. The van der Waals surface area contributed by atoms with Gasteiger partial charge in [-0.2, -0.15) is 0 Å². The van der Waals surface area contributed by atoms with Crippen molar-refractivity contribution in [3.8, 4) is 0 Å². The van der Waals surface area contributed by atoms with Crippen LogP contribution in [0.1, 0.15) is 50.0 Å². The topological polar surface area (TPSA) is 58.4 Å². The number of nitrogens with zero attached hydrogens (tertiary/aromatic N) is 4. The van der Waals surface area contributed by atoms with E-state index in [-0.39, 0.29) is 11.8 Å². The average molecular weight is 342 g/mol. The minimum Gasteiger partial charge on any atom is -0.339 e. The number of carbonyl (C=O) groups excluding carboxylic acids is 2. The van der Waals surface area contributed by atoms with Gasteiger partial charge in [-0.05, 0) is 38.5 Å². The van der Waals surface area contributed by atoms with Crippen molar-refractivity contribution in [2.45, 2.75) is 39.7 Å². The molecule has 0 spiro atoms. The first kappa shape index (κ1) is 17.5. The van der Waals surface area contributed by atoms with Gasteiger partial charge in [-0.3, -0.25) is 9.59 Å². The Labute approximate surface area is 148 Å². The number of hydrogen-bond acceptors (Lipinski definition) is 3. The van der Waals surface area contributed by atoms with Crippen LogP contribution in [0.15, 0.2) is 24.5 Å². The third-order valence-electron chi connectivity index (χ3n) is 4.76. The summed E-state index contributed by atoms with van der Waals surface area (Å²) in [5.41, 5.74) is 2.55. The highest BCUT2D eigenvalue weighted by Crippen LogP contribution is 2.20. The van der Waals surface area contributed by atoms with E-state index in [2.05, 4.69) is 23.4 Å². The predicted octanol–water partition coefficient (Wildman–Crippen LogP) is 2.70. The van der Waals surface area contributed by atoms with Crippen molar-refractivity contribution < 1.29 is 9.59 Å². The molecule has 6 nitrogen and oxygen atoms in total. The Kier molecular flexibility index (Phi) is 5.06. The number of carbonyl (C=O) groups is 2. The highest BCUT2D eigenvalue weighted by atomic mass is 16.2. The first-order valence-electron chi connectivity index (χ1n) is 9.05. The zero-order valence-electron chi connectivity index (χ0n) is 15.2. The van der Waals surface area contributed by atoms with Crippen molar-refractivity contribution in [1.29, 1.82) is 0 Å². The number of hydrogen-bond donors (Lipinski definition) is 0. The van der Waals surface area contributed by atoms with Gasteiger partial charge in [0, 0.05) is 44.2 Å². The van der Waals surface area contributed by atoms with Crippen molar-refractivity contribution in [2.75, 3.05) is 26.2 Å². The normalized spacial score (nSPS) is 15.2. The minimum absolute atomic E-state index is 0.0172. The van der Waals surface area contributed by atoms with Crippen LogP contribution >= 0.6 is 0 Å². The Bertz CT molecular complexity index is 773. The van der Waals surface area contributed by atoms with Crippen LogP contribution in [0.25, 0.3) is 11.0 Å². The Morgan fingerprint density at radius 2 is 1.80 bits per heavy atom. The van der Waals surface area contributed by atoms with Crippen molar-refractivity contribution in [3.05, 3.63) is 30.1 Å². The molecule has 0 atom stereocenters. The molecule has 1 saturated heterocycles. The maximum atomic E-state index is 12.8. The minimum atomic E-state index is 0.0172. The van der Waals surface area contributed by atoms with E-state index >= 15 is 0 Å². The molecule has 1 aromatic heterocycles. The Balaban J connectivity index is 1.70. The van der Waals surface area contributed by atoms with Crippen LogP contribution in [0.4, 0.5) is 0 Å². The summed E-state index contributed by atoms with van der Waals surface area (Å²) >= 11 is 0. The zero-order valence-corrected chi connectivity index (χ0v) is 15.2. The highest BCUT2D eigenvalue weighted by Gasteiger charge is 2.24. The van der Waals surface area contributed by atoms with Gasteiger partial charge in [0.05, 0.1) is 17.4 Å². The molecule has 0 bridgehead atoms. The van der Waals surface area contributed by atoms with E-state index in [0.717, 1.165) is 17.5 Å². The molecule has 0 aliphatic carbocycles. The Morgan fingerprint density at radius 3 is 2.44 bits per heavy atom. The third kappa shape index (κ3) is 3.52. The van der Waals surface area contributed by atoms with Crippen molar-refractivity contribution in [1.82, 2.24) is 19.4 Å². The fraction of sp³-hybridized carbons (Fsp3) is 0.526. The molecule has 1 aliphatic heterocycles. The maximum Gasteiger partial charge on any atom is 0.254 e. The molecule has 0 radical (unpaired) electrons. The number of amides is 2. The van der Waals surface area contributed by atoms with Gasteiger partial charge in [0.2, 0.25) is 5.91 Å². The number of fused-ring (bicyclic) bond motifs is 1. The SMILES string of the molecule is CCCC(=O)N1CCN(C(=O)c2ccc3c(c2)ncn3C(C)C)CC1. The molecule has 2 amide bonds. The van der Waals surface area contributed by atoms with Gasteiger partial charge in [0.15, 0.2) is 0 Å². The van der Waals surface area contributed by atoms with Crippen LogP contribution in [0.2, 0.25) is 0 Å². The summed E-state index contributed by atoms with van der Waals surface area (Å²) in [5, 5.41) is 0. The van der Waals surface area contributed by atoms with E-state index in [4.69, 9.17) is 0 Å². The quantitative estimate of drug-likeness (QED) is 0.858. The zero-order chi connectivity index (χ0) is 18.0. The standard InChI is InChI=1S/C19H26N4O2/c1-4-5-18(24)21-8-10-22(11-9-21)19(25)15-6-7-17-16(12-15)20-13-23(17)14(2)3/h6-7,12-14H,4-5,8-11H2,1-3H3. The number of benzene rings is 1. The molecule has 1 aromatic carbocycles. The van der Waals surface area contributed by atoms with Crippen molar-refractivity contribution in [2.24, 2.45) is 0 Å². The summed E-state index contributed by atoms with van der Waals surface area (Å²) in [6.45, 7) is 8.65. The van der Waals surface area contributed by atoms with Crippen molar-refractivity contribution >= 4 is 22.8 Å². The molecular weight excluding hydrogens is 316 g/mol. The summed E-state index contributed by atoms with van der Waals surface area (Å²) in [4.78, 5) is 32.8. The van der Waals surface area contributed by atoms with Crippen LogP contribution in [0, 0.1) is 0 Å². The molecule has 1 fully saturated rings. The second kappa shape index (κ2) is 7.25. The lowest BCUT2D eigenvalue weighted by atomic mass is 10.1. The predicted molar refractivity (Wildman–Crippen MR) is 97.5 cm³/mol. The second-order valence-corrected chi connectivity index (χ2v) is 6.87. The van der Waals surface area contributed by atoms with E-state index in [1.807, 2.05) is 41.2 Å². The van der Waals surface area contributed by atoms with Gasteiger partial charge >= 0.3 is 0 Å². The summed E-state index contributed by atoms with van der Waals surface area (Å²) < 4.78 is 2.10. The molecule has 3 rings (SSSR count). The number of piperazine rings is 1. The van der Waals surface area contributed by atoms with E-state index in [0.29, 0.717) is 44.2 Å². The first-order valence-corrected chi connectivity index (χ1v) is 9.05. The summed E-state index contributed by atoms with van der Waals surface area (Å²) in [6.07, 6.45) is 3.27. The molecule has 2 aromatic rings. The van der Waals surface area contributed by atoms with Crippen LogP contribution in [-0.2, 0) is 4.79 Å². The van der Waals surface area contributed by atoms with Gasteiger partial charge in [-0.1, -0.05) is 6.92 Å². The lowest BCUT2D eigenvalue weighted by Gasteiger charge is -2.34. The smallest absolute Gasteiger partial charge is 0.254 e. The Morgan fingerprint density at radius 1 is 1.12 bits per heavy atom. The van der Waals surface area contributed by atoms with Gasteiger partial charge in [-0.15, -0.1) is 0 Å². The lowest BCUT2D eigenvalue weighted by molar-refractivity contribution is -0.132. The fourth-order valence-corrected chi connectivity index (χ4v) is 3.29. The Hall–Kier alpha value is -2.37. The molecule has 0 saturated carbocycles. The van der Waals surface area contributed by atoms with Gasteiger partial charge in [-0.25, -0.2) is 4.98 Å². The molecule has 1 aliphatic rings. The molecule has 0 N–H and O–H groups in total. The molecule has 6 heteroatoms. The molecule has 25 heavy (non-hydrogen) atoms. The monoisotopic (exact) mass is 342 g/mol. The summed E-state index contributed by atoms with van der Waals surface area (Å²) in [6, 6.07) is 6.04. The highest BCUT2D eigenvalue weighted by molar-refractivity contribution is 5.97. The molecule has 134 valence electrons. The molecular formula is C19H26N4O2. The fourth-order valence-electron chi connectivity index (χ4n) is 3.29.